The first-order valence-corrected chi connectivity index (χ1v) is 7.12. The van der Waals surface area contributed by atoms with Gasteiger partial charge in [0.25, 0.3) is 0 Å². The zero-order valence-corrected chi connectivity index (χ0v) is 13.3. The van der Waals surface area contributed by atoms with E-state index < -0.39 is 48.6 Å². The normalized spacial score (nSPS) is 32.2. The Balaban J connectivity index is 2.26. The van der Waals surface area contributed by atoms with E-state index in [1.807, 2.05) is 0 Å². The van der Waals surface area contributed by atoms with Crippen molar-refractivity contribution in [2.45, 2.75) is 58.3 Å². The summed E-state index contributed by atoms with van der Waals surface area (Å²) in [7, 11) is 0. The van der Waals surface area contributed by atoms with Crippen molar-refractivity contribution in [3.05, 3.63) is 0 Å². The van der Waals surface area contributed by atoms with Crippen molar-refractivity contribution in [3.63, 3.8) is 0 Å². The second-order valence-corrected chi connectivity index (χ2v) is 5.25. The minimum atomic E-state index is -0.963. The molecule has 0 amide bonds. The van der Waals surface area contributed by atoms with E-state index in [0.717, 1.165) is 0 Å². The summed E-state index contributed by atoms with van der Waals surface area (Å²) in [6, 6.07) is -0.656. The van der Waals surface area contributed by atoms with Crippen molar-refractivity contribution < 1.29 is 38.1 Å². The highest BCUT2D eigenvalue weighted by molar-refractivity contribution is 5.75. The molecule has 128 valence electrons. The van der Waals surface area contributed by atoms with Crippen molar-refractivity contribution >= 4 is 23.8 Å². The van der Waals surface area contributed by atoms with Crippen LogP contribution in [-0.2, 0) is 38.1 Å². The first-order chi connectivity index (χ1) is 10.8. The first-order valence-electron chi connectivity index (χ1n) is 7.12. The maximum absolute atomic E-state index is 11.4. The Morgan fingerprint density at radius 2 is 1.65 bits per heavy atom. The zero-order valence-electron chi connectivity index (χ0n) is 13.3. The van der Waals surface area contributed by atoms with E-state index >= 15 is 0 Å². The summed E-state index contributed by atoms with van der Waals surface area (Å²) in [6.45, 7) is 5.17. The maximum atomic E-state index is 11.4. The molecule has 9 heteroatoms. The van der Waals surface area contributed by atoms with Gasteiger partial charge in [0.05, 0.1) is 0 Å². The van der Waals surface area contributed by atoms with Gasteiger partial charge in [0, 0.05) is 27.7 Å². The minimum Gasteiger partial charge on any atom is -0.463 e. The fourth-order valence-corrected chi connectivity index (χ4v) is 2.53. The van der Waals surface area contributed by atoms with Gasteiger partial charge in [-0.3, -0.25) is 14.4 Å². The highest BCUT2D eigenvalue weighted by atomic mass is 16.7. The number of fused-ring (bicyclic) bond motifs is 1. The highest BCUT2D eigenvalue weighted by Crippen LogP contribution is 2.32. The van der Waals surface area contributed by atoms with Crippen molar-refractivity contribution in [3.8, 4) is 0 Å². The van der Waals surface area contributed by atoms with Gasteiger partial charge in [-0.25, -0.2) is 4.99 Å². The summed E-state index contributed by atoms with van der Waals surface area (Å²) in [5.74, 6) is -1.28. The van der Waals surface area contributed by atoms with Crippen LogP contribution in [0.4, 0.5) is 0 Å². The van der Waals surface area contributed by atoms with Gasteiger partial charge in [-0.2, -0.15) is 0 Å². The van der Waals surface area contributed by atoms with Crippen LogP contribution in [0, 0.1) is 0 Å². The summed E-state index contributed by atoms with van der Waals surface area (Å²) >= 11 is 0. The molecule has 0 aromatic rings. The molecular weight excluding hydrogens is 310 g/mol. The molecular formula is C14H19NO8. The molecule has 2 rings (SSSR count). The number of carbonyl (C=O) groups is 3. The third kappa shape index (κ3) is 4.19. The highest BCUT2D eigenvalue weighted by Gasteiger charge is 2.53. The van der Waals surface area contributed by atoms with Gasteiger partial charge in [-0.1, -0.05) is 0 Å². The van der Waals surface area contributed by atoms with Gasteiger partial charge in [0.2, 0.25) is 6.29 Å². The third-order valence-electron chi connectivity index (χ3n) is 3.29. The van der Waals surface area contributed by atoms with Crippen molar-refractivity contribution in [1.29, 1.82) is 0 Å². The molecule has 0 aromatic heterocycles. The first kappa shape index (κ1) is 17.2. The van der Waals surface area contributed by atoms with E-state index in [1.54, 1.807) is 6.92 Å². The number of carbonyl (C=O) groups excluding carboxylic acids is 3. The maximum Gasteiger partial charge on any atom is 0.303 e. The monoisotopic (exact) mass is 329 g/mol. The number of nitrogens with zero attached hydrogens (tertiary/aromatic N) is 1. The van der Waals surface area contributed by atoms with Crippen LogP contribution in [0.2, 0.25) is 0 Å². The van der Waals surface area contributed by atoms with E-state index in [2.05, 4.69) is 4.99 Å². The molecule has 1 fully saturated rings. The molecule has 2 heterocycles. The number of rotatable bonds is 4. The van der Waals surface area contributed by atoms with Crippen molar-refractivity contribution in [2.75, 3.05) is 6.61 Å². The lowest BCUT2D eigenvalue weighted by atomic mass is 9.97. The lowest BCUT2D eigenvalue weighted by molar-refractivity contribution is -0.249. The van der Waals surface area contributed by atoms with Gasteiger partial charge in [-0.05, 0) is 0 Å². The Labute approximate surface area is 132 Å². The summed E-state index contributed by atoms with van der Waals surface area (Å²) in [6.07, 6.45) is -3.50. The molecule has 3 unspecified atom stereocenters. The summed E-state index contributed by atoms with van der Waals surface area (Å²) in [5.41, 5.74) is 0. The predicted octanol–water partition coefficient (Wildman–Crippen LogP) is -0.0450. The van der Waals surface area contributed by atoms with Gasteiger partial charge >= 0.3 is 17.9 Å². The second kappa shape index (κ2) is 6.95. The number of hydrogen-bond acceptors (Lipinski definition) is 9. The average molecular weight is 329 g/mol. The standard InChI is InChI=1S/C14H19NO8/c1-6-15-11-13(22-9(4)18)12(21-8(3)17)10(5-19-7(2)16)23-14(11)20-6/h10-14H,5H2,1-4H3/t10?,11?,12-,13?,14+/m0/s1. The Morgan fingerprint density at radius 1 is 1.04 bits per heavy atom. The Morgan fingerprint density at radius 3 is 2.22 bits per heavy atom. The summed E-state index contributed by atoms with van der Waals surface area (Å²) < 4.78 is 26.5. The topological polar surface area (TPSA) is 110 Å². The van der Waals surface area contributed by atoms with Crippen LogP contribution >= 0.6 is 0 Å². The molecule has 2 aliphatic rings. The molecule has 0 spiro atoms. The van der Waals surface area contributed by atoms with Crippen LogP contribution in [0.15, 0.2) is 4.99 Å². The van der Waals surface area contributed by atoms with E-state index in [4.69, 9.17) is 23.7 Å². The lowest BCUT2D eigenvalue weighted by Crippen LogP contribution is -2.60. The number of hydrogen-bond donors (Lipinski definition) is 0. The van der Waals surface area contributed by atoms with E-state index in [-0.39, 0.29) is 6.61 Å². The quantitative estimate of drug-likeness (QED) is 0.522. The molecule has 9 nitrogen and oxygen atoms in total. The van der Waals surface area contributed by atoms with Crippen molar-refractivity contribution in [1.82, 2.24) is 0 Å². The molecule has 2 aliphatic heterocycles. The van der Waals surface area contributed by atoms with Crippen LogP contribution in [0.5, 0.6) is 0 Å². The van der Waals surface area contributed by atoms with Crippen LogP contribution in [0.25, 0.3) is 0 Å². The van der Waals surface area contributed by atoms with Gasteiger partial charge < -0.3 is 23.7 Å². The molecule has 0 N–H and O–H groups in total. The number of ether oxygens (including phenoxy) is 5. The van der Waals surface area contributed by atoms with Gasteiger partial charge in [0.1, 0.15) is 12.7 Å². The molecule has 1 saturated heterocycles. The van der Waals surface area contributed by atoms with Gasteiger partial charge in [0.15, 0.2) is 24.1 Å². The summed E-state index contributed by atoms with van der Waals surface area (Å²) in [5, 5.41) is 0. The van der Waals surface area contributed by atoms with Crippen LogP contribution in [-0.4, -0.2) is 61.1 Å². The second-order valence-electron chi connectivity index (χ2n) is 5.25. The molecule has 0 radical (unpaired) electrons. The molecule has 0 bridgehead atoms. The van der Waals surface area contributed by atoms with E-state index in [1.165, 1.54) is 20.8 Å². The summed E-state index contributed by atoms with van der Waals surface area (Å²) in [4.78, 5) is 38.1. The van der Waals surface area contributed by atoms with Gasteiger partial charge in [-0.15, -0.1) is 0 Å². The minimum absolute atomic E-state index is 0.170. The van der Waals surface area contributed by atoms with Crippen LogP contribution in [0.1, 0.15) is 27.7 Å². The Hall–Kier alpha value is -2.16. The largest absolute Gasteiger partial charge is 0.463 e. The number of aliphatic imine (C=N–C) groups is 1. The van der Waals surface area contributed by atoms with Crippen LogP contribution < -0.4 is 0 Å². The molecule has 0 saturated carbocycles. The molecule has 23 heavy (non-hydrogen) atoms. The Kier molecular flexibility index (Phi) is 5.19. The Bertz CT molecular complexity index is 531. The molecule has 0 aliphatic carbocycles. The fraction of sp³-hybridized carbons (Fsp3) is 0.714. The third-order valence-corrected chi connectivity index (χ3v) is 3.29. The average Bonchev–Trinajstić information content (AvgIpc) is 2.78. The van der Waals surface area contributed by atoms with E-state index in [0.29, 0.717) is 5.90 Å². The molecule has 5 atom stereocenters. The van der Waals surface area contributed by atoms with E-state index in [9.17, 15) is 14.4 Å². The zero-order chi connectivity index (χ0) is 17.1. The predicted molar refractivity (Wildman–Crippen MR) is 74.4 cm³/mol. The molecule has 0 aromatic carbocycles. The smallest absolute Gasteiger partial charge is 0.303 e. The SMILES string of the molecule is CC(=O)OCC1O[C@H]2OC(C)=NC2C(OC(C)=O)[C@H]1OC(C)=O. The van der Waals surface area contributed by atoms with Crippen LogP contribution in [0.3, 0.4) is 0 Å². The number of esters is 3. The van der Waals surface area contributed by atoms with Crippen molar-refractivity contribution in [2.24, 2.45) is 4.99 Å². The fourth-order valence-electron chi connectivity index (χ4n) is 2.53. The lowest BCUT2D eigenvalue weighted by Gasteiger charge is -2.40.